The topological polar surface area (TPSA) is 48.3 Å². The third kappa shape index (κ3) is 3.69. The third-order valence-corrected chi connectivity index (χ3v) is 4.58. The third-order valence-electron chi connectivity index (χ3n) is 4.58. The first-order chi connectivity index (χ1) is 12.6. The summed E-state index contributed by atoms with van der Waals surface area (Å²) in [5.74, 6) is -0.193. The molecule has 3 aromatic rings. The lowest BCUT2D eigenvalue weighted by Crippen LogP contribution is -2.07. The number of aryl methyl sites for hydroxylation is 1. The van der Waals surface area contributed by atoms with Crippen molar-refractivity contribution in [1.82, 2.24) is 4.57 Å². The molecule has 0 atom stereocenters. The molecule has 1 aromatic heterocycles. The van der Waals surface area contributed by atoms with E-state index in [-0.39, 0.29) is 11.8 Å². The average molecular weight is 349 g/mol. The smallest absolute Gasteiger partial charge is 0.302 e. The number of para-hydroxylation sites is 1. The van der Waals surface area contributed by atoms with Crippen LogP contribution in [0.3, 0.4) is 0 Å². The first-order valence-corrected chi connectivity index (χ1v) is 8.90. The van der Waals surface area contributed by atoms with Gasteiger partial charge in [0.25, 0.3) is 0 Å². The van der Waals surface area contributed by atoms with E-state index in [9.17, 15) is 9.59 Å². The molecule has 0 radical (unpaired) electrons. The molecule has 0 aliphatic rings. The number of ether oxygens (including phenoxy) is 1. The molecular formula is C22H23NO3. The molecule has 0 spiro atoms. The summed E-state index contributed by atoms with van der Waals surface area (Å²) in [5, 5.41) is 0.985. The number of unbranched alkanes of at least 4 members (excludes halogenated alkanes) is 1. The van der Waals surface area contributed by atoms with Gasteiger partial charge in [-0.15, -0.1) is 0 Å². The van der Waals surface area contributed by atoms with Crippen LogP contribution >= 0.6 is 0 Å². The van der Waals surface area contributed by atoms with Gasteiger partial charge in [-0.25, -0.2) is 0 Å². The van der Waals surface area contributed by atoms with Gasteiger partial charge in [0, 0.05) is 35.6 Å². The molecule has 1 heterocycles. The van der Waals surface area contributed by atoms with E-state index in [1.165, 1.54) is 6.92 Å². The Balaban J connectivity index is 1.89. The maximum atomic E-state index is 13.1. The van der Waals surface area contributed by atoms with Crippen molar-refractivity contribution in [1.29, 1.82) is 0 Å². The lowest BCUT2D eigenvalue weighted by Gasteiger charge is -2.09. The van der Waals surface area contributed by atoms with Crippen molar-refractivity contribution in [3.05, 3.63) is 71.4 Å². The molecule has 0 fully saturated rings. The number of esters is 1. The number of carbonyl (C=O) groups is 2. The predicted octanol–water partition coefficient (Wildman–Crippen LogP) is 4.52. The number of fused-ring (bicyclic) bond motifs is 1. The van der Waals surface area contributed by atoms with Crippen LogP contribution in [-0.4, -0.2) is 22.9 Å². The minimum absolute atomic E-state index is 0.0537. The van der Waals surface area contributed by atoms with Crippen LogP contribution in [0.25, 0.3) is 10.9 Å². The minimum atomic E-state index is -0.247. The van der Waals surface area contributed by atoms with Crippen LogP contribution in [0.1, 0.15) is 41.4 Å². The zero-order valence-corrected chi connectivity index (χ0v) is 15.2. The van der Waals surface area contributed by atoms with E-state index in [1.807, 2.05) is 55.5 Å². The van der Waals surface area contributed by atoms with Crippen molar-refractivity contribution in [2.24, 2.45) is 0 Å². The SMILES string of the molecule is CC(=O)OCCCCn1c(C)c(C(=O)c2ccccc2)c2ccccc21. The molecule has 0 aliphatic heterocycles. The minimum Gasteiger partial charge on any atom is -0.466 e. The highest BCUT2D eigenvalue weighted by Crippen LogP contribution is 2.28. The zero-order valence-electron chi connectivity index (χ0n) is 15.2. The van der Waals surface area contributed by atoms with E-state index in [2.05, 4.69) is 10.6 Å². The number of rotatable bonds is 7. The Labute approximate surface area is 153 Å². The van der Waals surface area contributed by atoms with Gasteiger partial charge in [-0.1, -0.05) is 48.5 Å². The fraction of sp³-hybridized carbons (Fsp3) is 0.273. The van der Waals surface area contributed by atoms with E-state index in [4.69, 9.17) is 4.74 Å². The molecular weight excluding hydrogens is 326 g/mol. The summed E-state index contributed by atoms with van der Waals surface area (Å²) in [6, 6.07) is 17.4. The van der Waals surface area contributed by atoms with Crippen LogP contribution < -0.4 is 0 Å². The highest BCUT2D eigenvalue weighted by Gasteiger charge is 2.20. The first kappa shape index (κ1) is 17.9. The quantitative estimate of drug-likeness (QED) is 0.358. The van der Waals surface area contributed by atoms with Gasteiger partial charge in [-0.2, -0.15) is 0 Å². The van der Waals surface area contributed by atoms with Crippen LogP contribution in [0.4, 0.5) is 0 Å². The van der Waals surface area contributed by atoms with Crippen LogP contribution in [0, 0.1) is 6.92 Å². The largest absolute Gasteiger partial charge is 0.466 e. The van der Waals surface area contributed by atoms with E-state index in [0.29, 0.717) is 12.2 Å². The predicted molar refractivity (Wildman–Crippen MR) is 102 cm³/mol. The van der Waals surface area contributed by atoms with E-state index < -0.39 is 0 Å². The van der Waals surface area contributed by atoms with Crippen molar-refractivity contribution >= 4 is 22.7 Å². The Kier molecular flexibility index (Phi) is 5.52. The Hall–Kier alpha value is -2.88. The van der Waals surface area contributed by atoms with Gasteiger partial charge < -0.3 is 9.30 Å². The second-order valence-corrected chi connectivity index (χ2v) is 6.37. The number of ketones is 1. The summed E-state index contributed by atoms with van der Waals surface area (Å²) in [7, 11) is 0. The number of nitrogens with zero attached hydrogens (tertiary/aromatic N) is 1. The maximum absolute atomic E-state index is 13.1. The summed E-state index contributed by atoms with van der Waals surface area (Å²) in [5.41, 5.74) is 3.52. The standard InChI is InChI=1S/C22H23NO3/c1-16-21(22(25)18-10-4-3-5-11-18)19-12-6-7-13-20(19)23(16)14-8-9-15-26-17(2)24/h3-7,10-13H,8-9,14-15H2,1-2H3. The van der Waals surface area contributed by atoms with Crippen LogP contribution in [0.2, 0.25) is 0 Å². The van der Waals surface area contributed by atoms with E-state index in [0.717, 1.165) is 41.5 Å². The van der Waals surface area contributed by atoms with Gasteiger partial charge >= 0.3 is 5.97 Å². The molecule has 0 N–H and O–H groups in total. The zero-order chi connectivity index (χ0) is 18.5. The molecule has 0 amide bonds. The molecule has 0 aliphatic carbocycles. The summed E-state index contributed by atoms with van der Waals surface area (Å²) in [4.78, 5) is 23.9. The Morgan fingerprint density at radius 1 is 0.962 bits per heavy atom. The number of benzene rings is 2. The van der Waals surface area contributed by atoms with Gasteiger partial charge in [0.15, 0.2) is 5.78 Å². The summed E-state index contributed by atoms with van der Waals surface area (Å²) >= 11 is 0. The van der Waals surface area contributed by atoms with Crippen molar-refractivity contribution in [2.45, 2.75) is 33.2 Å². The summed E-state index contributed by atoms with van der Waals surface area (Å²) < 4.78 is 7.19. The Morgan fingerprint density at radius 3 is 2.38 bits per heavy atom. The molecule has 2 aromatic carbocycles. The molecule has 0 saturated carbocycles. The van der Waals surface area contributed by atoms with E-state index in [1.54, 1.807) is 0 Å². The molecule has 0 saturated heterocycles. The van der Waals surface area contributed by atoms with Crippen molar-refractivity contribution in [3.8, 4) is 0 Å². The Bertz CT molecular complexity index is 925. The van der Waals surface area contributed by atoms with Gasteiger partial charge in [0.2, 0.25) is 0 Å². The first-order valence-electron chi connectivity index (χ1n) is 8.90. The molecule has 4 heteroatoms. The molecule has 26 heavy (non-hydrogen) atoms. The fourth-order valence-electron chi connectivity index (χ4n) is 3.33. The van der Waals surface area contributed by atoms with Crippen molar-refractivity contribution < 1.29 is 14.3 Å². The highest BCUT2D eigenvalue weighted by molar-refractivity contribution is 6.17. The monoisotopic (exact) mass is 349 g/mol. The van der Waals surface area contributed by atoms with Gasteiger partial charge in [-0.05, 0) is 25.8 Å². The second kappa shape index (κ2) is 8.00. The number of hydrogen-bond acceptors (Lipinski definition) is 3. The van der Waals surface area contributed by atoms with Crippen LogP contribution in [0.5, 0.6) is 0 Å². The number of hydrogen-bond donors (Lipinski definition) is 0. The summed E-state index contributed by atoms with van der Waals surface area (Å²) in [6.45, 7) is 4.65. The molecule has 3 rings (SSSR count). The lowest BCUT2D eigenvalue weighted by molar-refractivity contribution is -0.141. The van der Waals surface area contributed by atoms with Gasteiger partial charge in [0.1, 0.15) is 0 Å². The number of carbonyl (C=O) groups excluding carboxylic acids is 2. The Morgan fingerprint density at radius 2 is 1.65 bits per heavy atom. The van der Waals surface area contributed by atoms with Crippen LogP contribution in [-0.2, 0) is 16.1 Å². The van der Waals surface area contributed by atoms with Gasteiger partial charge in [-0.3, -0.25) is 9.59 Å². The van der Waals surface area contributed by atoms with E-state index >= 15 is 0 Å². The van der Waals surface area contributed by atoms with Crippen molar-refractivity contribution in [2.75, 3.05) is 6.61 Å². The lowest BCUT2D eigenvalue weighted by atomic mass is 10.0. The highest BCUT2D eigenvalue weighted by atomic mass is 16.5. The summed E-state index contributed by atoms with van der Waals surface area (Å²) in [6.07, 6.45) is 1.68. The normalized spacial score (nSPS) is 10.8. The molecule has 0 unspecified atom stereocenters. The molecule has 134 valence electrons. The average Bonchev–Trinajstić information content (AvgIpc) is 2.93. The van der Waals surface area contributed by atoms with Crippen molar-refractivity contribution in [3.63, 3.8) is 0 Å². The number of aromatic nitrogens is 1. The van der Waals surface area contributed by atoms with Gasteiger partial charge in [0.05, 0.1) is 12.2 Å². The van der Waals surface area contributed by atoms with Crippen LogP contribution in [0.15, 0.2) is 54.6 Å². The second-order valence-electron chi connectivity index (χ2n) is 6.37. The fourth-order valence-corrected chi connectivity index (χ4v) is 3.33. The molecule has 4 nitrogen and oxygen atoms in total. The molecule has 0 bridgehead atoms. The maximum Gasteiger partial charge on any atom is 0.302 e.